The van der Waals surface area contributed by atoms with Crippen LogP contribution < -0.4 is 5.32 Å². The van der Waals surface area contributed by atoms with Crippen LogP contribution in [0.1, 0.15) is 5.69 Å². The number of halogens is 2. The Hall–Kier alpha value is -3.89. The third kappa shape index (κ3) is 4.20. The molecule has 1 aromatic carbocycles. The van der Waals surface area contributed by atoms with Crippen molar-refractivity contribution in [2.45, 2.75) is 13.5 Å². The highest BCUT2D eigenvalue weighted by Gasteiger charge is 2.32. The molecule has 1 saturated heterocycles. The second-order valence-electron chi connectivity index (χ2n) is 7.33. The molecule has 3 aromatic rings. The number of aryl methyl sites for hydroxylation is 1. The minimum Gasteiger partial charge on any atom is -0.334 e. The Kier molecular flexibility index (Phi) is 5.32. The van der Waals surface area contributed by atoms with Crippen LogP contribution in [0.5, 0.6) is 0 Å². The maximum atomic E-state index is 14.1. The molecule has 160 valence electrons. The topological polar surface area (TPSA) is 106 Å². The SMILES string of the molecule is Cc1cncn1CC1CN(C(=O)Nc2nc(-c3ccc(F)cc3F)ccc2[N+](=O)[O-])C1. The van der Waals surface area contributed by atoms with Gasteiger partial charge in [0.15, 0.2) is 0 Å². The summed E-state index contributed by atoms with van der Waals surface area (Å²) in [6.07, 6.45) is 3.48. The van der Waals surface area contributed by atoms with Crippen molar-refractivity contribution in [1.82, 2.24) is 19.4 Å². The summed E-state index contributed by atoms with van der Waals surface area (Å²) in [6.45, 7) is 3.61. The van der Waals surface area contributed by atoms with Gasteiger partial charge in [-0.2, -0.15) is 0 Å². The minimum absolute atomic E-state index is 0.0356. The second-order valence-corrected chi connectivity index (χ2v) is 7.33. The molecule has 0 bridgehead atoms. The number of urea groups is 1. The van der Waals surface area contributed by atoms with Crippen LogP contribution in [0.3, 0.4) is 0 Å². The third-order valence-corrected chi connectivity index (χ3v) is 5.12. The molecule has 2 aromatic heterocycles. The smallest absolute Gasteiger partial charge is 0.323 e. The Morgan fingerprint density at radius 1 is 1.29 bits per heavy atom. The van der Waals surface area contributed by atoms with Gasteiger partial charge in [0.25, 0.3) is 0 Å². The lowest BCUT2D eigenvalue weighted by atomic mass is 10.0. The Labute approximate surface area is 175 Å². The summed E-state index contributed by atoms with van der Waals surface area (Å²) in [5.41, 5.74) is 0.597. The van der Waals surface area contributed by atoms with E-state index in [1.165, 1.54) is 17.0 Å². The zero-order valence-corrected chi connectivity index (χ0v) is 16.5. The molecule has 0 unspecified atom stereocenters. The van der Waals surface area contributed by atoms with Gasteiger partial charge in [-0.05, 0) is 25.1 Å². The number of nitrogens with zero attached hydrogens (tertiary/aromatic N) is 5. The van der Waals surface area contributed by atoms with Crippen molar-refractivity contribution in [3.05, 3.63) is 70.3 Å². The van der Waals surface area contributed by atoms with Crippen LogP contribution in [0.15, 0.2) is 42.9 Å². The van der Waals surface area contributed by atoms with Gasteiger partial charge in [0.2, 0.25) is 5.82 Å². The predicted octanol–water partition coefficient (Wildman–Crippen LogP) is 3.60. The zero-order chi connectivity index (χ0) is 22.1. The lowest BCUT2D eigenvalue weighted by molar-refractivity contribution is -0.384. The molecule has 0 aliphatic carbocycles. The number of imidazole rings is 1. The maximum absolute atomic E-state index is 14.1. The molecule has 1 N–H and O–H groups in total. The number of benzene rings is 1. The first-order valence-electron chi connectivity index (χ1n) is 9.45. The van der Waals surface area contributed by atoms with E-state index in [1.54, 1.807) is 12.5 Å². The number of carbonyl (C=O) groups is 1. The monoisotopic (exact) mass is 428 g/mol. The summed E-state index contributed by atoms with van der Waals surface area (Å²) in [4.78, 5) is 32.8. The molecule has 1 aliphatic rings. The lowest BCUT2D eigenvalue weighted by Crippen LogP contribution is -2.53. The van der Waals surface area contributed by atoms with Crippen LogP contribution in [0, 0.1) is 34.6 Å². The van der Waals surface area contributed by atoms with Crippen LogP contribution in [0.4, 0.5) is 25.1 Å². The number of likely N-dealkylation sites (tertiary alicyclic amines) is 1. The Bertz CT molecular complexity index is 1160. The van der Waals surface area contributed by atoms with E-state index >= 15 is 0 Å². The lowest BCUT2D eigenvalue weighted by Gasteiger charge is -2.39. The number of anilines is 1. The van der Waals surface area contributed by atoms with E-state index in [9.17, 15) is 23.7 Å². The highest BCUT2D eigenvalue weighted by atomic mass is 19.1. The number of carbonyl (C=O) groups excluding carboxylic acids is 1. The first kappa shape index (κ1) is 20.4. The fourth-order valence-corrected chi connectivity index (χ4v) is 3.43. The van der Waals surface area contributed by atoms with E-state index < -0.39 is 28.3 Å². The van der Waals surface area contributed by atoms with Crippen molar-refractivity contribution in [2.75, 3.05) is 18.4 Å². The van der Waals surface area contributed by atoms with Gasteiger partial charge in [-0.25, -0.2) is 23.5 Å². The van der Waals surface area contributed by atoms with Crippen molar-refractivity contribution in [1.29, 1.82) is 0 Å². The van der Waals surface area contributed by atoms with Crippen LogP contribution in [-0.2, 0) is 6.54 Å². The summed E-state index contributed by atoms with van der Waals surface area (Å²) >= 11 is 0. The summed E-state index contributed by atoms with van der Waals surface area (Å²) < 4.78 is 29.3. The molecule has 0 atom stereocenters. The van der Waals surface area contributed by atoms with Gasteiger partial charge in [-0.3, -0.25) is 15.4 Å². The molecule has 2 amide bonds. The van der Waals surface area contributed by atoms with Crippen molar-refractivity contribution in [3.8, 4) is 11.3 Å². The van der Waals surface area contributed by atoms with Gasteiger partial charge in [-0.15, -0.1) is 0 Å². The van der Waals surface area contributed by atoms with E-state index in [-0.39, 0.29) is 23.0 Å². The molecule has 4 rings (SSSR count). The number of rotatable bonds is 5. The number of amides is 2. The third-order valence-electron chi connectivity index (χ3n) is 5.12. The number of hydrogen-bond donors (Lipinski definition) is 1. The highest BCUT2D eigenvalue weighted by molar-refractivity contribution is 5.91. The summed E-state index contributed by atoms with van der Waals surface area (Å²) in [5, 5.41) is 13.8. The molecule has 11 heteroatoms. The predicted molar refractivity (Wildman–Crippen MR) is 107 cm³/mol. The van der Waals surface area contributed by atoms with Gasteiger partial charge in [0.1, 0.15) is 11.6 Å². The van der Waals surface area contributed by atoms with E-state index in [0.717, 1.165) is 17.8 Å². The number of nitro groups is 1. The van der Waals surface area contributed by atoms with Gasteiger partial charge in [-0.1, -0.05) is 0 Å². The first-order chi connectivity index (χ1) is 14.8. The fourth-order valence-electron chi connectivity index (χ4n) is 3.43. The minimum atomic E-state index is -0.862. The van der Waals surface area contributed by atoms with E-state index in [4.69, 9.17) is 0 Å². The van der Waals surface area contributed by atoms with Crippen LogP contribution in [0.2, 0.25) is 0 Å². The van der Waals surface area contributed by atoms with E-state index in [0.29, 0.717) is 25.7 Å². The van der Waals surface area contributed by atoms with Crippen molar-refractivity contribution in [2.24, 2.45) is 5.92 Å². The molecule has 31 heavy (non-hydrogen) atoms. The van der Waals surface area contributed by atoms with Crippen LogP contribution in [0.25, 0.3) is 11.3 Å². The van der Waals surface area contributed by atoms with E-state index in [1.807, 2.05) is 11.5 Å². The number of pyridine rings is 1. The molecule has 3 heterocycles. The highest BCUT2D eigenvalue weighted by Crippen LogP contribution is 2.29. The van der Waals surface area contributed by atoms with Gasteiger partial charge in [0, 0.05) is 55.1 Å². The quantitative estimate of drug-likeness (QED) is 0.494. The molecule has 1 aliphatic heterocycles. The van der Waals surface area contributed by atoms with Crippen molar-refractivity contribution < 1.29 is 18.5 Å². The second kappa shape index (κ2) is 8.09. The van der Waals surface area contributed by atoms with Gasteiger partial charge >= 0.3 is 11.7 Å². The van der Waals surface area contributed by atoms with Crippen LogP contribution in [-0.4, -0.2) is 43.5 Å². The standard InChI is InChI=1S/C20H18F2N6O3/c1-12-7-23-11-27(12)10-13-8-26(9-13)20(29)25-19-18(28(30)31)5-4-17(24-19)15-3-2-14(21)6-16(15)22/h2-7,11,13H,8-10H2,1H3,(H,24,25,29). The molecule has 0 spiro atoms. The summed E-state index contributed by atoms with van der Waals surface area (Å²) in [5.74, 6) is -1.68. The molecular weight excluding hydrogens is 410 g/mol. The fraction of sp³-hybridized carbons (Fsp3) is 0.250. The van der Waals surface area contributed by atoms with Gasteiger partial charge in [0.05, 0.1) is 16.9 Å². The van der Waals surface area contributed by atoms with Crippen molar-refractivity contribution >= 4 is 17.5 Å². The average Bonchev–Trinajstić information content (AvgIpc) is 3.08. The van der Waals surface area contributed by atoms with E-state index in [2.05, 4.69) is 15.3 Å². The Morgan fingerprint density at radius 2 is 2.06 bits per heavy atom. The number of aromatic nitrogens is 3. The van der Waals surface area contributed by atoms with Crippen LogP contribution >= 0.6 is 0 Å². The number of nitrogens with one attached hydrogen (secondary N) is 1. The zero-order valence-electron chi connectivity index (χ0n) is 16.5. The Morgan fingerprint density at radius 3 is 2.71 bits per heavy atom. The maximum Gasteiger partial charge on any atom is 0.323 e. The molecular formula is C20H18F2N6O3. The summed E-state index contributed by atoms with van der Waals surface area (Å²) in [6, 6.07) is 4.77. The number of hydrogen-bond acceptors (Lipinski definition) is 5. The largest absolute Gasteiger partial charge is 0.334 e. The summed E-state index contributed by atoms with van der Waals surface area (Å²) in [7, 11) is 0. The van der Waals surface area contributed by atoms with Crippen molar-refractivity contribution in [3.63, 3.8) is 0 Å². The normalized spacial score (nSPS) is 13.7. The molecule has 1 fully saturated rings. The average molecular weight is 428 g/mol. The molecule has 0 radical (unpaired) electrons. The first-order valence-corrected chi connectivity index (χ1v) is 9.45. The molecule has 9 nitrogen and oxygen atoms in total. The van der Waals surface area contributed by atoms with Gasteiger partial charge < -0.3 is 9.47 Å². The Balaban J connectivity index is 1.48. The molecule has 0 saturated carbocycles.